The Morgan fingerprint density at radius 3 is 2.60 bits per heavy atom. The van der Waals surface area contributed by atoms with Crippen molar-refractivity contribution in [3.8, 4) is 0 Å². The van der Waals surface area contributed by atoms with E-state index in [-0.39, 0.29) is 11.4 Å². The average molecular weight is 313 g/mol. The lowest BCUT2D eigenvalue weighted by atomic mass is 10.4. The van der Waals surface area contributed by atoms with Gasteiger partial charge in [0.25, 0.3) is 0 Å². The van der Waals surface area contributed by atoms with E-state index in [0.29, 0.717) is 21.7 Å². The Balaban J connectivity index is 1.90. The van der Waals surface area contributed by atoms with Gasteiger partial charge in [-0.3, -0.25) is 5.32 Å². The molecule has 2 heterocycles. The van der Waals surface area contributed by atoms with Crippen LogP contribution in [0.3, 0.4) is 0 Å². The molecule has 2 aromatic rings. The number of aromatic carboxylic acids is 1. The van der Waals surface area contributed by atoms with E-state index >= 15 is 0 Å². The van der Waals surface area contributed by atoms with Crippen molar-refractivity contribution in [2.75, 3.05) is 5.32 Å². The number of anilines is 1. The van der Waals surface area contributed by atoms with Crippen molar-refractivity contribution in [1.82, 2.24) is 19.7 Å². The molecule has 0 aliphatic rings. The molecule has 0 spiro atoms. The van der Waals surface area contributed by atoms with E-state index in [1.165, 1.54) is 0 Å². The van der Waals surface area contributed by atoms with Crippen LogP contribution in [0.5, 0.6) is 0 Å². The Labute approximate surface area is 122 Å². The standard InChI is InChI=1S/C10H11N5O3S2/c1-4-7(8(16)17)19-6(12-4)3-11-9(18)14-10-13-5(2)15-20-10/h3H2,1-2H3,(H,16,17)(H2,11,13,14,15,18). The molecule has 0 saturated heterocycles. The van der Waals surface area contributed by atoms with Crippen LogP contribution in [0.25, 0.3) is 0 Å². The fourth-order valence-electron chi connectivity index (χ4n) is 1.37. The minimum absolute atomic E-state index is 0.155. The van der Waals surface area contributed by atoms with Gasteiger partial charge in [-0.15, -0.1) is 11.3 Å². The summed E-state index contributed by atoms with van der Waals surface area (Å²) >= 11 is 2.13. The van der Waals surface area contributed by atoms with Gasteiger partial charge < -0.3 is 10.4 Å². The third-order valence-electron chi connectivity index (χ3n) is 2.18. The normalized spacial score (nSPS) is 10.3. The predicted molar refractivity (Wildman–Crippen MR) is 74.3 cm³/mol. The smallest absolute Gasteiger partial charge is 0.347 e. The highest BCUT2D eigenvalue weighted by molar-refractivity contribution is 7.13. The molecule has 2 aromatic heterocycles. The first-order chi connectivity index (χ1) is 9.45. The molecule has 8 nitrogen and oxygen atoms in total. The second-order valence-corrected chi connectivity index (χ2v) is 5.62. The van der Waals surface area contributed by atoms with Crippen LogP contribution in [0.4, 0.5) is 9.93 Å². The van der Waals surface area contributed by atoms with E-state index in [1.54, 1.807) is 13.8 Å². The molecule has 0 bridgehead atoms. The number of amides is 2. The first kappa shape index (κ1) is 14.3. The van der Waals surface area contributed by atoms with Crippen molar-refractivity contribution in [2.45, 2.75) is 20.4 Å². The van der Waals surface area contributed by atoms with Crippen molar-refractivity contribution in [1.29, 1.82) is 0 Å². The third-order valence-corrected chi connectivity index (χ3v) is 4.05. The van der Waals surface area contributed by atoms with Crippen molar-refractivity contribution in [2.24, 2.45) is 0 Å². The molecule has 0 aliphatic carbocycles. The molecular formula is C10H11N5O3S2. The van der Waals surface area contributed by atoms with Gasteiger partial charge in [-0.2, -0.15) is 4.37 Å². The number of rotatable bonds is 4. The minimum atomic E-state index is -1.01. The van der Waals surface area contributed by atoms with Gasteiger partial charge in [-0.25, -0.2) is 19.6 Å². The van der Waals surface area contributed by atoms with Crippen LogP contribution < -0.4 is 10.6 Å². The maximum atomic E-state index is 11.6. The summed E-state index contributed by atoms with van der Waals surface area (Å²) < 4.78 is 3.93. The van der Waals surface area contributed by atoms with E-state index in [0.717, 1.165) is 22.9 Å². The zero-order valence-electron chi connectivity index (χ0n) is 10.6. The summed E-state index contributed by atoms with van der Waals surface area (Å²) in [5.74, 6) is -0.424. The van der Waals surface area contributed by atoms with E-state index in [1.807, 2.05) is 0 Å². The van der Waals surface area contributed by atoms with Gasteiger partial charge in [-0.05, 0) is 13.8 Å². The van der Waals surface area contributed by atoms with E-state index in [4.69, 9.17) is 5.11 Å². The van der Waals surface area contributed by atoms with Gasteiger partial charge in [-0.1, -0.05) is 0 Å². The fourth-order valence-corrected chi connectivity index (χ4v) is 2.79. The monoisotopic (exact) mass is 313 g/mol. The molecule has 0 saturated carbocycles. The number of thiazole rings is 1. The molecule has 0 aliphatic heterocycles. The zero-order chi connectivity index (χ0) is 14.7. The summed E-state index contributed by atoms with van der Waals surface area (Å²) in [6, 6.07) is -0.439. The number of carbonyl (C=O) groups is 2. The highest BCUT2D eigenvalue weighted by Crippen LogP contribution is 2.17. The third kappa shape index (κ3) is 3.48. The average Bonchev–Trinajstić information content (AvgIpc) is 2.93. The molecule has 0 unspecified atom stereocenters. The first-order valence-corrected chi connectivity index (χ1v) is 7.09. The lowest BCUT2D eigenvalue weighted by Gasteiger charge is -2.02. The molecule has 106 valence electrons. The molecule has 2 rings (SSSR count). The molecular weight excluding hydrogens is 302 g/mol. The van der Waals surface area contributed by atoms with Gasteiger partial charge in [0.05, 0.1) is 12.2 Å². The number of aromatic nitrogens is 3. The second-order valence-electron chi connectivity index (χ2n) is 3.78. The van der Waals surface area contributed by atoms with Gasteiger partial charge in [0.1, 0.15) is 15.7 Å². The maximum absolute atomic E-state index is 11.6. The number of hydrogen-bond acceptors (Lipinski definition) is 7. The summed E-state index contributed by atoms with van der Waals surface area (Å²) in [6.45, 7) is 3.50. The SMILES string of the molecule is Cc1nsc(NC(=O)NCc2nc(C)c(C(=O)O)s2)n1. The van der Waals surface area contributed by atoms with Gasteiger partial charge in [0.2, 0.25) is 5.13 Å². The number of aryl methyl sites for hydroxylation is 2. The zero-order valence-corrected chi connectivity index (χ0v) is 12.3. The van der Waals surface area contributed by atoms with E-state index in [2.05, 4.69) is 25.0 Å². The number of nitrogens with zero attached hydrogens (tertiary/aromatic N) is 3. The molecule has 0 fully saturated rings. The Kier molecular flexibility index (Phi) is 4.25. The molecule has 10 heteroatoms. The molecule has 0 radical (unpaired) electrons. The van der Waals surface area contributed by atoms with Crippen LogP contribution in [-0.4, -0.2) is 31.4 Å². The summed E-state index contributed by atoms with van der Waals surface area (Å²) in [5.41, 5.74) is 0.444. The predicted octanol–water partition coefficient (Wildman–Crippen LogP) is 1.63. The van der Waals surface area contributed by atoms with Gasteiger partial charge in [0, 0.05) is 11.5 Å². The first-order valence-electron chi connectivity index (χ1n) is 5.50. The van der Waals surface area contributed by atoms with Crippen LogP contribution >= 0.6 is 22.9 Å². The Hall–Kier alpha value is -2.07. The minimum Gasteiger partial charge on any atom is -0.477 e. The lowest BCUT2D eigenvalue weighted by Crippen LogP contribution is -2.28. The van der Waals surface area contributed by atoms with E-state index < -0.39 is 12.0 Å². The van der Waals surface area contributed by atoms with Crippen LogP contribution in [0.15, 0.2) is 0 Å². The van der Waals surface area contributed by atoms with Crippen LogP contribution in [0.1, 0.15) is 26.2 Å². The highest BCUT2D eigenvalue weighted by Gasteiger charge is 2.14. The molecule has 3 N–H and O–H groups in total. The number of carbonyl (C=O) groups excluding carboxylic acids is 1. The Morgan fingerprint density at radius 1 is 1.30 bits per heavy atom. The molecule has 0 atom stereocenters. The highest BCUT2D eigenvalue weighted by atomic mass is 32.1. The molecule has 20 heavy (non-hydrogen) atoms. The van der Waals surface area contributed by atoms with Crippen LogP contribution in [-0.2, 0) is 6.54 Å². The molecule has 2 amide bonds. The van der Waals surface area contributed by atoms with Crippen molar-refractivity contribution in [3.63, 3.8) is 0 Å². The topological polar surface area (TPSA) is 117 Å². The summed E-state index contributed by atoms with van der Waals surface area (Å²) in [4.78, 5) is 30.7. The van der Waals surface area contributed by atoms with Crippen molar-refractivity contribution in [3.05, 3.63) is 21.4 Å². The number of carboxylic acid groups (broad SMARTS) is 1. The van der Waals surface area contributed by atoms with Crippen molar-refractivity contribution < 1.29 is 14.7 Å². The lowest BCUT2D eigenvalue weighted by molar-refractivity contribution is 0.0701. The summed E-state index contributed by atoms with van der Waals surface area (Å²) in [6.07, 6.45) is 0. The number of hydrogen-bond donors (Lipinski definition) is 3. The second kappa shape index (κ2) is 5.92. The van der Waals surface area contributed by atoms with Gasteiger partial charge in [0.15, 0.2) is 0 Å². The molecule has 0 aromatic carbocycles. The Morgan fingerprint density at radius 2 is 2.05 bits per heavy atom. The quantitative estimate of drug-likeness (QED) is 0.789. The van der Waals surface area contributed by atoms with Gasteiger partial charge >= 0.3 is 12.0 Å². The number of carboxylic acids is 1. The number of nitrogens with one attached hydrogen (secondary N) is 2. The fraction of sp³-hybridized carbons (Fsp3) is 0.300. The Bertz CT molecular complexity index is 651. The largest absolute Gasteiger partial charge is 0.477 e. The van der Waals surface area contributed by atoms with Crippen LogP contribution in [0.2, 0.25) is 0 Å². The summed E-state index contributed by atoms with van der Waals surface area (Å²) in [5, 5.41) is 15.0. The van der Waals surface area contributed by atoms with E-state index in [9.17, 15) is 9.59 Å². The van der Waals surface area contributed by atoms with Crippen molar-refractivity contribution >= 4 is 40.0 Å². The maximum Gasteiger partial charge on any atom is 0.347 e. The summed E-state index contributed by atoms with van der Waals surface area (Å²) in [7, 11) is 0. The number of urea groups is 1. The van der Waals surface area contributed by atoms with Crippen LogP contribution in [0, 0.1) is 13.8 Å².